The van der Waals surface area contributed by atoms with Crippen molar-refractivity contribution in [3.63, 3.8) is 0 Å². The normalized spacial score (nSPS) is 17.7. The molecule has 3 aliphatic heterocycles. The van der Waals surface area contributed by atoms with Gasteiger partial charge in [0, 0.05) is 56.8 Å². The molecule has 3 fully saturated rings. The summed E-state index contributed by atoms with van der Waals surface area (Å²) in [6.07, 6.45) is 8.53. The first-order chi connectivity index (χ1) is 31.4. The molecule has 1 saturated carbocycles. The fourth-order valence-electron chi connectivity index (χ4n) is 8.99. The first-order valence-electron chi connectivity index (χ1n) is 22.0. The van der Waals surface area contributed by atoms with Gasteiger partial charge in [-0.3, -0.25) is 53.1 Å². The van der Waals surface area contributed by atoms with Crippen LogP contribution < -0.4 is 36.5 Å². The Labute approximate surface area is 373 Å². The number of pyridine rings is 2. The molecule has 2 saturated heterocycles. The largest absolute Gasteiger partial charge is 0.483 e. The quantitative estimate of drug-likeness (QED) is 0.0716. The number of carbonyl (C=O) groups excluding carboxylic acids is 7. The fourth-order valence-corrected chi connectivity index (χ4v) is 8.99. The molecule has 1 atom stereocenters. The molecule has 4 aliphatic rings. The topological polar surface area (TPSA) is 247 Å². The summed E-state index contributed by atoms with van der Waals surface area (Å²) in [6, 6.07) is 7.10. The maximum Gasteiger partial charge on any atom is 0.266 e. The van der Waals surface area contributed by atoms with E-state index in [9.17, 15) is 38.4 Å². The number of ketones is 1. The van der Waals surface area contributed by atoms with Crippen LogP contribution in [0.15, 0.2) is 47.5 Å². The number of aromatic nitrogens is 4. The molecule has 340 valence electrons. The molecule has 3 aromatic heterocycles. The number of rotatable bonds is 16. The van der Waals surface area contributed by atoms with Gasteiger partial charge in [0.05, 0.1) is 35.1 Å². The Balaban J connectivity index is 0.731. The van der Waals surface area contributed by atoms with Crippen LogP contribution in [-0.2, 0) is 19.2 Å². The van der Waals surface area contributed by atoms with Gasteiger partial charge in [-0.15, -0.1) is 0 Å². The lowest BCUT2D eigenvalue weighted by molar-refractivity contribution is -0.136. The lowest BCUT2D eigenvalue weighted by Gasteiger charge is -2.36. The second-order valence-corrected chi connectivity index (χ2v) is 16.6. The number of hydrogen-bond donors (Lipinski definition) is 4. The molecule has 1 unspecified atom stereocenters. The molecule has 6 heterocycles. The Bertz CT molecular complexity index is 2620. The number of nitrogens with one attached hydrogen (secondary N) is 4. The summed E-state index contributed by atoms with van der Waals surface area (Å²) in [7, 11) is 0. The van der Waals surface area contributed by atoms with Crippen LogP contribution in [0.3, 0.4) is 0 Å². The van der Waals surface area contributed by atoms with Crippen LogP contribution in [0.1, 0.15) is 101 Å². The number of ether oxygens (including phenoxy) is 1. The Hall–Kier alpha value is -7.09. The Morgan fingerprint density at radius 2 is 1.66 bits per heavy atom. The van der Waals surface area contributed by atoms with Gasteiger partial charge < -0.3 is 30.5 Å². The number of fused-ring (bicyclic) bond motifs is 2. The van der Waals surface area contributed by atoms with Gasteiger partial charge in [-0.05, 0) is 82.3 Å². The van der Waals surface area contributed by atoms with Gasteiger partial charge in [-0.1, -0.05) is 18.9 Å². The number of unbranched alkanes of at least 4 members (excludes halogenated alkanes) is 1. The van der Waals surface area contributed by atoms with Crippen molar-refractivity contribution in [3.05, 3.63) is 75.3 Å². The van der Waals surface area contributed by atoms with Crippen molar-refractivity contribution in [3.8, 4) is 5.75 Å². The molecule has 20 heteroatoms. The molecule has 4 aromatic rings. The summed E-state index contributed by atoms with van der Waals surface area (Å²) in [5, 5.41) is 11.9. The van der Waals surface area contributed by atoms with Crippen molar-refractivity contribution in [1.29, 1.82) is 0 Å². The van der Waals surface area contributed by atoms with Crippen LogP contribution in [0.25, 0.3) is 11.0 Å². The van der Waals surface area contributed by atoms with Crippen LogP contribution in [0.5, 0.6) is 5.75 Å². The van der Waals surface area contributed by atoms with Crippen molar-refractivity contribution in [2.75, 3.05) is 62.6 Å². The number of amides is 6. The predicted octanol–water partition coefficient (Wildman–Crippen LogP) is 2.17. The summed E-state index contributed by atoms with van der Waals surface area (Å²) in [5.74, 6) is -2.37. The second-order valence-electron chi connectivity index (χ2n) is 16.6. The zero-order chi connectivity index (χ0) is 45.8. The highest BCUT2D eigenvalue weighted by Gasteiger charge is 2.46. The van der Waals surface area contributed by atoms with Gasteiger partial charge in [0.15, 0.2) is 12.4 Å². The third-order valence-corrected chi connectivity index (χ3v) is 12.4. The van der Waals surface area contributed by atoms with Crippen molar-refractivity contribution in [2.24, 2.45) is 0 Å². The summed E-state index contributed by atoms with van der Waals surface area (Å²) in [5.41, 5.74) is 1.92. The third kappa shape index (κ3) is 9.43. The molecule has 0 radical (unpaired) electrons. The molecule has 0 bridgehead atoms. The molecule has 1 aromatic carbocycles. The van der Waals surface area contributed by atoms with E-state index in [0.29, 0.717) is 80.5 Å². The maximum atomic E-state index is 13.6. The summed E-state index contributed by atoms with van der Waals surface area (Å²) >= 11 is 0. The Morgan fingerprint density at radius 1 is 0.892 bits per heavy atom. The van der Waals surface area contributed by atoms with E-state index in [1.807, 2.05) is 17.0 Å². The van der Waals surface area contributed by atoms with E-state index in [2.05, 4.69) is 36.1 Å². The fraction of sp³-hybridized carbons (Fsp3) is 0.444. The van der Waals surface area contributed by atoms with E-state index < -0.39 is 42.2 Å². The SMILES string of the molecule is CC(=O)c1c(C)c2cnc(Nc3ccc(N4CCN(C(=O)CNCCCCNC(=O)COc5cccc6c5C(=O)N(C5CCC(=O)NC5=O)C6=O)CC4)cn3)nc2n(C2CCCC2)c1=O. The molecule has 1 aliphatic carbocycles. The minimum atomic E-state index is -1.11. The first-order valence-corrected chi connectivity index (χ1v) is 22.0. The van der Waals surface area contributed by atoms with Crippen LogP contribution in [0.4, 0.5) is 17.5 Å². The van der Waals surface area contributed by atoms with Gasteiger partial charge in [-0.25, -0.2) is 9.97 Å². The van der Waals surface area contributed by atoms with E-state index >= 15 is 0 Å². The van der Waals surface area contributed by atoms with E-state index in [-0.39, 0.29) is 65.1 Å². The van der Waals surface area contributed by atoms with E-state index in [1.54, 1.807) is 23.9 Å². The lowest BCUT2D eigenvalue weighted by Crippen LogP contribution is -2.54. The van der Waals surface area contributed by atoms with E-state index in [1.165, 1.54) is 25.1 Å². The highest BCUT2D eigenvalue weighted by Crippen LogP contribution is 2.34. The zero-order valence-corrected chi connectivity index (χ0v) is 36.3. The van der Waals surface area contributed by atoms with Crippen molar-refractivity contribution in [2.45, 2.75) is 77.3 Å². The first kappa shape index (κ1) is 44.5. The minimum absolute atomic E-state index is 0.00188. The van der Waals surface area contributed by atoms with Crippen LogP contribution in [0, 0.1) is 6.92 Å². The predicted molar refractivity (Wildman–Crippen MR) is 236 cm³/mol. The summed E-state index contributed by atoms with van der Waals surface area (Å²) in [4.78, 5) is 120. The smallest absolute Gasteiger partial charge is 0.266 e. The van der Waals surface area contributed by atoms with Crippen molar-refractivity contribution >= 4 is 69.7 Å². The molecule has 20 nitrogen and oxygen atoms in total. The molecule has 65 heavy (non-hydrogen) atoms. The molecular formula is C45H51N11O9. The number of piperidine rings is 1. The number of carbonyl (C=O) groups is 7. The summed E-state index contributed by atoms with van der Waals surface area (Å²) in [6.45, 7) is 6.31. The zero-order valence-electron chi connectivity index (χ0n) is 36.3. The number of imide groups is 2. The molecule has 4 N–H and O–H groups in total. The average Bonchev–Trinajstić information content (AvgIpc) is 3.91. The van der Waals surface area contributed by atoms with Crippen LogP contribution in [0.2, 0.25) is 0 Å². The van der Waals surface area contributed by atoms with Gasteiger partial charge in [0.2, 0.25) is 23.7 Å². The van der Waals surface area contributed by atoms with Crippen molar-refractivity contribution in [1.82, 2.24) is 45.3 Å². The highest BCUT2D eigenvalue weighted by atomic mass is 16.5. The standard InChI is InChI=1S/C45H51N11O9/c1-26-31-23-49-45(52-40(31)55(28-8-3-4-9-28)43(63)38(26)27(2)57)50-34-14-12-29(22-48-34)53-18-20-54(21-19-53)37(60)24-46-16-5-6-17-47-36(59)25-65-33-11-7-10-30-39(33)44(64)56(42(30)62)32-13-15-35(58)51-41(32)61/h7,10-12,14,22-23,28,32,46H,3-6,8-9,13,15-21,24-25H2,1-2H3,(H,47,59)(H,51,58,61)(H,48,49,50,52). The van der Waals surface area contributed by atoms with Gasteiger partial charge in [-0.2, -0.15) is 4.98 Å². The number of hydrogen-bond acceptors (Lipinski definition) is 15. The molecule has 0 spiro atoms. The number of Topliss-reactive ketones (excluding diaryl/α,β-unsaturated/α-hetero) is 1. The average molecular weight is 890 g/mol. The number of piperazine rings is 1. The highest BCUT2D eigenvalue weighted by molar-refractivity contribution is 6.24. The second kappa shape index (κ2) is 19.3. The number of nitrogens with zero attached hydrogens (tertiary/aromatic N) is 7. The minimum Gasteiger partial charge on any atom is -0.483 e. The molecule has 6 amide bonds. The van der Waals surface area contributed by atoms with Gasteiger partial charge in [0.1, 0.15) is 23.3 Å². The van der Waals surface area contributed by atoms with Gasteiger partial charge in [0.25, 0.3) is 23.3 Å². The monoisotopic (exact) mass is 889 g/mol. The Kier molecular flexibility index (Phi) is 13.2. The third-order valence-electron chi connectivity index (χ3n) is 12.4. The number of anilines is 3. The number of aryl methyl sites for hydroxylation is 1. The molecule has 8 rings (SSSR count). The lowest BCUT2D eigenvalue weighted by atomic mass is 10.0. The van der Waals surface area contributed by atoms with Crippen LogP contribution in [-0.4, -0.2) is 129 Å². The van der Waals surface area contributed by atoms with Crippen LogP contribution >= 0.6 is 0 Å². The van der Waals surface area contributed by atoms with Gasteiger partial charge >= 0.3 is 0 Å². The molecular weight excluding hydrogens is 839 g/mol. The number of benzene rings is 1. The van der Waals surface area contributed by atoms with E-state index in [0.717, 1.165) is 36.3 Å². The Morgan fingerprint density at radius 3 is 2.38 bits per heavy atom. The van der Waals surface area contributed by atoms with Crippen molar-refractivity contribution < 1.29 is 38.3 Å². The van der Waals surface area contributed by atoms with E-state index in [4.69, 9.17) is 9.72 Å². The maximum absolute atomic E-state index is 13.6. The summed E-state index contributed by atoms with van der Waals surface area (Å²) < 4.78 is 7.32.